The van der Waals surface area contributed by atoms with Crippen molar-refractivity contribution >= 4 is 21.5 Å². The molecule has 0 radical (unpaired) electrons. The molecule has 22 heavy (non-hydrogen) atoms. The third kappa shape index (κ3) is 1.38. The van der Waals surface area contributed by atoms with E-state index in [1.54, 1.807) is 6.42 Å². The average molecular weight is 291 g/mol. The highest BCUT2D eigenvalue weighted by Crippen LogP contribution is 2.44. The van der Waals surface area contributed by atoms with Crippen LogP contribution in [0.25, 0.3) is 21.5 Å². The van der Waals surface area contributed by atoms with Gasteiger partial charge in [0.05, 0.1) is 22.8 Å². The van der Waals surface area contributed by atoms with E-state index in [1.807, 2.05) is 6.07 Å². The van der Waals surface area contributed by atoms with Crippen molar-refractivity contribution in [2.75, 3.05) is 0 Å². The maximum atomic E-state index is 10.3. The maximum absolute atomic E-state index is 10.3. The van der Waals surface area contributed by atoms with Crippen LogP contribution in [0.5, 0.6) is 0 Å². The minimum absolute atomic E-state index is 0.715. The van der Waals surface area contributed by atoms with Crippen LogP contribution in [0.4, 0.5) is 0 Å². The number of aliphatic hydroxyl groups is 3. The third-order valence-electron chi connectivity index (χ3n) is 5.09. The highest BCUT2D eigenvalue weighted by Gasteiger charge is 2.42. The lowest BCUT2D eigenvalue weighted by Gasteiger charge is -2.25. The van der Waals surface area contributed by atoms with E-state index in [2.05, 4.69) is 30.3 Å². The minimum Gasteiger partial charge on any atom is -0.384 e. The van der Waals surface area contributed by atoms with Gasteiger partial charge < -0.3 is 15.3 Å². The summed E-state index contributed by atoms with van der Waals surface area (Å²) in [4.78, 5) is 0. The third-order valence-corrected chi connectivity index (χ3v) is 5.09. The zero-order valence-corrected chi connectivity index (χ0v) is 11.8. The van der Waals surface area contributed by atoms with E-state index in [0.29, 0.717) is 5.56 Å². The molecular formula is C19H15O3+. The standard InChI is InChI=1S/C19H15O3/c20-15-8-13-12-5-4-9-2-1-3-10-6-11(17(12)16(9)10)7-14(13)18(21)19(15)22/h1-5,7-8,15,18-22H,6H2/q+1. The maximum Gasteiger partial charge on any atom is 0.154 e. The van der Waals surface area contributed by atoms with Gasteiger partial charge in [-0.25, -0.2) is 0 Å². The quantitative estimate of drug-likeness (QED) is 0.344. The number of hydrogen-bond acceptors (Lipinski definition) is 3. The van der Waals surface area contributed by atoms with Crippen molar-refractivity contribution in [1.29, 1.82) is 0 Å². The normalized spacial score (nSPS) is 25.7. The lowest BCUT2D eigenvalue weighted by atomic mass is 9.81. The van der Waals surface area contributed by atoms with E-state index in [1.165, 1.54) is 27.3 Å². The molecule has 3 atom stereocenters. The highest BCUT2D eigenvalue weighted by molar-refractivity contribution is 6.14. The molecule has 0 spiro atoms. The minimum atomic E-state index is -1.16. The van der Waals surface area contributed by atoms with Gasteiger partial charge in [0.1, 0.15) is 17.8 Å². The summed E-state index contributed by atoms with van der Waals surface area (Å²) in [5.74, 6) is 0. The topological polar surface area (TPSA) is 60.7 Å². The first-order chi connectivity index (χ1) is 10.6. The molecule has 0 saturated carbocycles. The second kappa shape index (κ2) is 4.02. The summed E-state index contributed by atoms with van der Waals surface area (Å²) in [6.45, 7) is 0. The van der Waals surface area contributed by atoms with Crippen molar-refractivity contribution in [2.24, 2.45) is 0 Å². The number of aliphatic hydroxyl groups excluding tert-OH is 3. The molecule has 2 aliphatic rings. The Labute approximate surface area is 127 Å². The number of benzene rings is 3. The van der Waals surface area contributed by atoms with E-state index in [9.17, 15) is 15.3 Å². The van der Waals surface area contributed by atoms with Crippen LogP contribution in [-0.4, -0.2) is 27.5 Å². The van der Waals surface area contributed by atoms with E-state index < -0.39 is 18.3 Å². The molecule has 0 heterocycles. The lowest BCUT2D eigenvalue weighted by Crippen LogP contribution is -2.37. The van der Waals surface area contributed by atoms with Gasteiger partial charge in [0.2, 0.25) is 0 Å². The van der Waals surface area contributed by atoms with Gasteiger partial charge in [-0.1, -0.05) is 18.2 Å². The van der Waals surface area contributed by atoms with Crippen LogP contribution in [0.2, 0.25) is 0 Å². The Morgan fingerprint density at radius 2 is 1.82 bits per heavy atom. The molecule has 5 rings (SSSR count). The van der Waals surface area contributed by atoms with Crippen molar-refractivity contribution in [1.82, 2.24) is 0 Å². The van der Waals surface area contributed by atoms with Gasteiger partial charge in [-0.05, 0) is 22.6 Å². The fourth-order valence-electron chi connectivity index (χ4n) is 4.07. The van der Waals surface area contributed by atoms with E-state index in [-0.39, 0.29) is 0 Å². The van der Waals surface area contributed by atoms with E-state index in [4.69, 9.17) is 0 Å². The molecule has 3 aromatic rings. The Hall–Kier alpha value is -2.07. The van der Waals surface area contributed by atoms with Crippen LogP contribution in [0.3, 0.4) is 0 Å². The first kappa shape index (κ1) is 12.5. The average Bonchev–Trinajstić information content (AvgIpc) is 2.90. The van der Waals surface area contributed by atoms with Crippen LogP contribution in [0, 0.1) is 6.42 Å². The van der Waals surface area contributed by atoms with Gasteiger partial charge in [-0.3, -0.25) is 0 Å². The van der Waals surface area contributed by atoms with Crippen LogP contribution < -0.4 is 0 Å². The number of fused-ring (bicyclic) bond motifs is 2. The van der Waals surface area contributed by atoms with Gasteiger partial charge in [0.25, 0.3) is 0 Å². The van der Waals surface area contributed by atoms with Gasteiger partial charge in [0.15, 0.2) is 6.10 Å². The molecule has 3 heteroatoms. The molecule has 0 aromatic heterocycles. The van der Waals surface area contributed by atoms with Crippen LogP contribution in [0.1, 0.15) is 28.4 Å². The largest absolute Gasteiger partial charge is 0.384 e. The Balaban J connectivity index is 1.93. The van der Waals surface area contributed by atoms with Crippen LogP contribution in [-0.2, 0) is 6.42 Å². The summed E-state index contributed by atoms with van der Waals surface area (Å²) in [5.41, 5.74) is 4.06. The lowest BCUT2D eigenvalue weighted by molar-refractivity contribution is -0.0532. The summed E-state index contributed by atoms with van der Waals surface area (Å²) in [5, 5.41) is 35.0. The van der Waals surface area contributed by atoms with Crippen molar-refractivity contribution in [2.45, 2.75) is 24.7 Å². The molecule has 0 bridgehead atoms. The van der Waals surface area contributed by atoms with E-state index >= 15 is 0 Å². The Morgan fingerprint density at radius 3 is 2.68 bits per heavy atom. The Morgan fingerprint density at radius 1 is 0.955 bits per heavy atom. The molecule has 3 unspecified atom stereocenters. The predicted octanol–water partition coefficient (Wildman–Crippen LogP) is 2.22. The Kier molecular flexibility index (Phi) is 2.28. The fraction of sp³-hybridized carbons (Fsp3) is 0.211. The molecule has 3 nitrogen and oxygen atoms in total. The fourth-order valence-corrected chi connectivity index (χ4v) is 4.07. The SMILES string of the molecule is OC1[CH+]c2c(cc3c4c2ccc2cccc(c24)C3)C(O)C1O. The molecular weight excluding hydrogens is 276 g/mol. The van der Waals surface area contributed by atoms with Gasteiger partial charge >= 0.3 is 0 Å². The second-order valence-corrected chi connectivity index (χ2v) is 6.31. The monoisotopic (exact) mass is 291 g/mol. The van der Waals surface area contributed by atoms with Crippen molar-refractivity contribution in [3.63, 3.8) is 0 Å². The molecule has 2 aliphatic carbocycles. The summed E-state index contributed by atoms with van der Waals surface area (Å²) < 4.78 is 0. The highest BCUT2D eigenvalue weighted by atomic mass is 16.4. The summed E-state index contributed by atoms with van der Waals surface area (Å²) in [6, 6.07) is 12.5. The molecule has 3 aromatic carbocycles. The van der Waals surface area contributed by atoms with Crippen LogP contribution in [0.15, 0.2) is 36.4 Å². The van der Waals surface area contributed by atoms with Gasteiger partial charge in [-0.15, -0.1) is 0 Å². The van der Waals surface area contributed by atoms with Gasteiger partial charge in [-0.2, -0.15) is 0 Å². The molecule has 108 valence electrons. The zero-order valence-electron chi connectivity index (χ0n) is 11.8. The van der Waals surface area contributed by atoms with Crippen molar-refractivity contribution in [3.05, 3.63) is 65.1 Å². The first-order valence-corrected chi connectivity index (χ1v) is 7.54. The number of rotatable bonds is 0. The summed E-state index contributed by atoms with van der Waals surface area (Å²) in [7, 11) is 0. The smallest absolute Gasteiger partial charge is 0.154 e. The van der Waals surface area contributed by atoms with Gasteiger partial charge in [0, 0.05) is 23.9 Å². The molecule has 0 fully saturated rings. The second-order valence-electron chi connectivity index (χ2n) is 6.31. The number of hydrogen-bond donors (Lipinski definition) is 3. The van der Waals surface area contributed by atoms with Crippen molar-refractivity contribution < 1.29 is 15.3 Å². The zero-order chi connectivity index (χ0) is 15.0. The van der Waals surface area contributed by atoms with Crippen molar-refractivity contribution in [3.8, 4) is 0 Å². The molecule has 0 saturated heterocycles. The molecule has 0 amide bonds. The summed E-state index contributed by atoms with van der Waals surface area (Å²) >= 11 is 0. The Bertz CT molecular complexity index is 944. The summed E-state index contributed by atoms with van der Waals surface area (Å²) in [6.07, 6.45) is -0.729. The van der Waals surface area contributed by atoms with Crippen LogP contribution >= 0.6 is 0 Å². The predicted molar refractivity (Wildman–Crippen MR) is 84.6 cm³/mol. The first-order valence-electron chi connectivity index (χ1n) is 7.54. The molecule has 3 N–H and O–H groups in total. The molecule has 0 aliphatic heterocycles. The van der Waals surface area contributed by atoms with E-state index in [0.717, 1.165) is 17.4 Å².